The van der Waals surface area contributed by atoms with Gasteiger partial charge >= 0.3 is 12.2 Å². The fourth-order valence-electron chi connectivity index (χ4n) is 21.8. The molecule has 6 amide bonds. The van der Waals surface area contributed by atoms with Crippen LogP contribution in [0.2, 0.25) is 0 Å². The summed E-state index contributed by atoms with van der Waals surface area (Å²) in [6.07, 6.45) is 9.83. The molecule has 4 atom stereocenters. The second kappa shape index (κ2) is 46.3. The first-order valence-corrected chi connectivity index (χ1v) is 51.4. The van der Waals surface area contributed by atoms with Crippen molar-refractivity contribution in [3.05, 3.63) is 246 Å². The van der Waals surface area contributed by atoms with Gasteiger partial charge in [0, 0.05) is 187 Å². The molecule has 0 bridgehead atoms. The number of nitrogens with one attached hydrogen (secondary N) is 2. The summed E-state index contributed by atoms with van der Waals surface area (Å²) < 4.78 is 60.5. The van der Waals surface area contributed by atoms with Crippen LogP contribution >= 0.6 is 0 Å². The van der Waals surface area contributed by atoms with E-state index in [0.717, 1.165) is 172 Å². The zero-order valence-corrected chi connectivity index (χ0v) is 87.6. The lowest BCUT2D eigenvalue weighted by atomic mass is 9.73. The van der Waals surface area contributed by atoms with E-state index in [4.69, 9.17) is 47.4 Å². The summed E-state index contributed by atoms with van der Waals surface area (Å²) in [7, 11) is 3.20. The van der Waals surface area contributed by atoms with E-state index < -0.39 is 22.4 Å². The maximum absolute atomic E-state index is 12.9. The molecule has 0 aromatic heterocycles. The van der Waals surface area contributed by atoms with Gasteiger partial charge in [-0.2, -0.15) is 0 Å². The molecule has 8 heterocycles. The number of nitrogens with zero attached hydrogens (tertiary/aromatic N) is 6. The fourth-order valence-corrected chi connectivity index (χ4v) is 21.8. The summed E-state index contributed by atoms with van der Waals surface area (Å²) in [4.78, 5) is 87.7. The third-order valence-electron chi connectivity index (χ3n) is 30.2. The van der Waals surface area contributed by atoms with Crippen LogP contribution in [0.15, 0.2) is 146 Å². The molecule has 4 saturated heterocycles. The van der Waals surface area contributed by atoms with Gasteiger partial charge in [0.15, 0.2) is 13.6 Å². The number of ether oxygens (including phenoxy) is 10. The highest BCUT2D eigenvalue weighted by Crippen LogP contribution is 2.56. The summed E-state index contributed by atoms with van der Waals surface area (Å²) in [5.41, 5.74) is 18.1. The van der Waals surface area contributed by atoms with Crippen LogP contribution in [0.3, 0.4) is 0 Å². The second-order valence-corrected chi connectivity index (χ2v) is 41.1. The lowest BCUT2D eigenvalue weighted by Gasteiger charge is -2.47. The molecule has 0 radical (unpaired) electrons. The second-order valence-electron chi connectivity index (χ2n) is 41.1. The number of hydrogen-bond donors (Lipinski definition) is 2. The molecule has 4 unspecified atom stereocenters. The first-order chi connectivity index (χ1) is 67.0. The molecule has 0 saturated carbocycles. The summed E-state index contributed by atoms with van der Waals surface area (Å²) in [6.45, 7) is 52.8. The Morgan fingerprint density at radius 3 is 0.843 bits per heavy atom. The maximum atomic E-state index is 12.9. The molecule has 24 nitrogen and oxygen atoms in total. The number of methoxy groups -OCH3 is 2. The number of likely N-dealkylation sites (tertiary alicyclic amines) is 2. The van der Waals surface area contributed by atoms with Crippen LogP contribution in [-0.4, -0.2) is 231 Å². The van der Waals surface area contributed by atoms with Crippen molar-refractivity contribution in [1.82, 2.24) is 40.0 Å². The predicted molar refractivity (Wildman–Crippen MR) is 552 cm³/mol. The number of benzene rings is 8. The standard InChI is InChI=1S/2C31H42N2O6.2C27H36N2O2/c2*1-7-32(8-2)28(34)23-14-12-22(13-15-23)24-20-31(16-18-33(19-17-31)29(35)39-30(3,4)5)38-26-11-9-10-25(27(24)26)37-21-36-6;2*1-6-29(7-2)26(30)22-10-8-21(9-11-22)23-17-27(12-14-28-15-13-27)31-24-16-18(3)19(4)20(5)25(23)24/h2*9-15,24H,7-8,16-21H2,1-6H3;2*8-11,16,23,28H,6-7,12-15,17H2,1-5H3. The molecule has 4 spiro atoms. The maximum Gasteiger partial charge on any atom is 0.410 e. The van der Waals surface area contributed by atoms with Crippen molar-refractivity contribution in [3.8, 4) is 34.5 Å². The van der Waals surface area contributed by atoms with Crippen LogP contribution in [0.5, 0.6) is 34.5 Å². The first-order valence-electron chi connectivity index (χ1n) is 51.4. The van der Waals surface area contributed by atoms with Gasteiger partial charge in [-0.25, -0.2) is 9.59 Å². The molecule has 8 aliphatic rings. The third kappa shape index (κ3) is 24.4. The number of aryl methyl sites for hydroxylation is 2. The highest BCUT2D eigenvalue weighted by atomic mass is 16.7. The van der Waals surface area contributed by atoms with E-state index in [1.807, 2.05) is 226 Å². The Bertz CT molecular complexity index is 5220. The largest absolute Gasteiger partial charge is 0.487 e. The molecule has 756 valence electrons. The van der Waals surface area contributed by atoms with Crippen LogP contribution in [0.1, 0.15) is 317 Å². The molecule has 8 aromatic rings. The smallest absolute Gasteiger partial charge is 0.410 e. The number of fused-ring (bicyclic) bond motifs is 4. The van der Waals surface area contributed by atoms with Gasteiger partial charge in [0.25, 0.3) is 23.6 Å². The highest BCUT2D eigenvalue weighted by Gasteiger charge is 2.51. The number of hydrogen-bond acceptors (Lipinski definition) is 18. The molecule has 140 heavy (non-hydrogen) atoms. The summed E-state index contributed by atoms with van der Waals surface area (Å²) in [5, 5.41) is 6.97. The Morgan fingerprint density at radius 1 is 0.343 bits per heavy atom. The van der Waals surface area contributed by atoms with Crippen molar-refractivity contribution in [2.24, 2.45) is 0 Å². The van der Waals surface area contributed by atoms with Crippen molar-refractivity contribution in [2.45, 2.75) is 273 Å². The van der Waals surface area contributed by atoms with Gasteiger partial charge in [-0.05, 0) is 357 Å². The highest BCUT2D eigenvalue weighted by molar-refractivity contribution is 5.96. The van der Waals surface area contributed by atoms with Gasteiger partial charge in [0.1, 0.15) is 68.1 Å². The quantitative estimate of drug-likeness (QED) is 0.0600. The van der Waals surface area contributed by atoms with Crippen molar-refractivity contribution < 1.29 is 76.1 Å². The van der Waals surface area contributed by atoms with Crippen molar-refractivity contribution in [1.29, 1.82) is 0 Å². The van der Waals surface area contributed by atoms with E-state index in [-0.39, 0.29) is 72.4 Å². The number of amides is 6. The number of carbonyl (C=O) groups is 6. The minimum atomic E-state index is -0.533. The van der Waals surface area contributed by atoms with Gasteiger partial charge in [-0.1, -0.05) is 60.7 Å². The van der Waals surface area contributed by atoms with Crippen molar-refractivity contribution in [3.63, 3.8) is 0 Å². The molecular formula is C116H156N8O16. The Morgan fingerprint density at radius 2 is 0.593 bits per heavy atom. The zero-order valence-electron chi connectivity index (χ0n) is 87.6. The number of piperidine rings is 4. The summed E-state index contributed by atoms with van der Waals surface area (Å²) in [5.74, 6) is 6.00. The van der Waals surface area contributed by atoms with E-state index in [2.05, 4.69) is 88.6 Å². The van der Waals surface area contributed by atoms with Crippen LogP contribution in [0, 0.1) is 41.5 Å². The van der Waals surface area contributed by atoms with Crippen molar-refractivity contribution in [2.75, 3.05) is 133 Å². The molecule has 24 heteroatoms. The normalized spacial score (nSPS) is 18.8. The van der Waals surface area contributed by atoms with E-state index >= 15 is 0 Å². The molecular weight excluding hydrogens is 1760 g/mol. The van der Waals surface area contributed by atoms with Gasteiger partial charge in [0.2, 0.25) is 0 Å². The van der Waals surface area contributed by atoms with Crippen LogP contribution in [-0.2, 0) is 18.9 Å². The van der Waals surface area contributed by atoms with Gasteiger partial charge < -0.3 is 87.4 Å². The molecule has 0 aliphatic carbocycles. The monoisotopic (exact) mass is 1920 g/mol. The molecule has 8 aromatic carbocycles. The zero-order chi connectivity index (χ0) is 101. The summed E-state index contributed by atoms with van der Waals surface area (Å²) in [6, 6.07) is 48.8. The number of rotatable bonds is 22. The first kappa shape index (κ1) is 106. The van der Waals surface area contributed by atoms with E-state index in [1.165, 1.54) is 55.6 Å². The predicted octanol–water partition coefficient (Wildman–Crippen LogP) is 21.9. The minimum absolute atomic E-state index is 0.00696. The van der Waals surface area contributed by atoms with Crippen molar-refractivity contribution >= 4 is 35.8 Å². The average Bonchev–Trinajstić information content (AvgIpc) is 0.751. The lowest BCUT2D eigenvalue weighted by Crippen LogP contribution is -2.52. The van der Waals surface area contributed by atoms with E-state index in [0.29, 0.717) is 101 Å². The number of carbonyl (C=O) groups excluding carboxylic acids is 6. The lowest BCUT2D eigenvalue weighted by molar-refractivity contribution is -0.0320. The topological polar surface area (TPSA) is 238 Å². The van der Waals surface area contributed by atoms with Crippen LogP contribution < -0.4 is 39.1 Å². The average molecular weight is 1920 g/mol. The van der Waals surface area contributed by atoms with Crippen LogP contribution in [0.25, 0.3) is 0 Å². The van der Waals surface area contributed by atoms with E-state index in [9.17, 15) is 28.8 Å². The molecule has 16 rings (SSSR count). The Labute approximate surface area is 832 Å². The molecule has 4 fully saturated rings. The minimum Gasteiger partial charge on any atom is -0.487 e. The fraction of sp³-hybridized carbons (Fsp3) is 0.534. The Hall–Kier alpha value is -11.2. The third-order valence-corrected chi connectivity index (χ3v) is 30.2. The van der Waals surface area contributed by atoms with Gasteiger partial charge in [-0.15, -0.1) is 0 Å². The summed E-state index contributed by atoms with van der Waals surface area (Å²) >= 11 is 0. The van der Waals surface area contributed by atoms with Gasteiger partial charge in [-0.3, -0.25) is 19.2 Å². The van der Waals surface area contributed by atoms with Gasteiger partial charge in [0.05, 0.1) is 0 Å². The van der Waals surface area contributed by atoms with E-state index in [1.54, 1.807) is 24.0 Å². The molecule has 2 N–H and O–H groups in total. The SMILES string of the molecule is CCN(CC)C(=O)c1ccc(C2CC3(CCN(C(=O)OC(C)(C)C)CC3)Oc3cccc(OCOC)c32)cc1.CCN(CC)C(=O)c1ccc(C2CC3(CCN(C(=O)OC(C)(C)C)CC3)Oc3cccc(OCOC)c32)cc1.CCN(CC)C(=O)c1ccc(C2CC3(CCNCC3)Oc3cc(C)c(C)c(C)c32)cc1.CCN(CC)C(=O)c1ccc(C2CC3(CCNCC3)Oc3cc(C)c(C)c(C)c32)cc1. The van der Waals surface area contributed by atoms with Crippen LogP contribution in [0.4, 0.5) is 9.59 Å². The Kier molecular flexibility index (Phi) is 35.1. The molecule has 8 aliphatic heterocycles. The Balaban J connectivity index is 0.000000158.